The van der Waals surface area contributed by atoms with Gasteiger partial charge in [-0.15, -0.1) is 0 Å². The fourth-order valence-corrected chi connectivity index (χ4v) is 1.62. The molecule has 7 heteroatoms. The summed E-state index contributed by atoms with van der Waals surface area (Å²) in [4.78, 5) is 15.1. The van der Waals surface area contributed by atoms with Crippen molar-refractivity contribution in [3.63, 3.8) is 0 Å². The van der Waals surface area contributed by atoms with Gasteiger partial charge in [-0.2, -0.15) is 0 Å². The van der Waals surface area contributed by atoms with Crippen LogP contribution in [0.5, 0.6) is 0 Å². The largest absolute Gasteiger partial charge is 0.369 e. The molecule has 1 atom stereocenters. The quantitative estimate of drug-likeness (QED) is 0.770. The monoisotopic (exact) mass is 276 g/mol. The Balaban J connectivity index is 2.98. The third-order valence-corrected chi connectivity index (χ3v) is 2.63. The summed E-state index contributed by atoms with van der Waals surface area (Å²) >= 11 is 11.9. The number of nitrogens with one attached hydrogen (secondary N) is 2. The number of carbonyl (C=O) groups excluding carboxylic acids is 1. The van der Waals surface area contributed by atoms with Gasteiger partial charge in [0.2, 0.25) is 5.91 Å². The lowest BCUT2D eigenvalue weighted by atomic mass is 10.3. The summed E-state index contributed by atoms with van der Waals surface area (Å²) in [5.74, 6) is 0.402. The zero-order chi connectivity index (χ0) is 13.0. The lowest BCUT2D eigenvalue weighted by molar-refractivity contribution is -0.118. The van der Waals surface area contributed by atoms with E-state index in [1.54, 1.807) is 13.0 Å². The minimum absolute atomic E-state index is 0.338. The molecule has 1 aromatic rings. The number of pyridine rings is 1. The van der Waals surface area contributed by atoms with E-state index in [0.717, 1.165) is 0 Å². The SMILES string of the molecule is CCNc1nc(NC(C)C(N)=O)c(Cl)cc1Cl. The van der Waals surface area contributed by atoms with Gasteiger partial charge in [0.15, 0.2) is 0 Å². The number of primary amides is 1. The van der Waals surface area contributed by atoms with Crippen LogP contribution in [-0.2, 0) is 4.79 Å². The molecule has 0 aliphatic heterocycles. The van der Waals surface area contributed by atoms with Crippen molar-refractivity contribution in [1.29, 1.82) is 0 Å². The molecule has 0 saturated heterocycles. The van der Waals surface area contributed by atoms with Crippen molar-refractivity contribution in [2.24, 2.45) is 5.73 Å². The number of anilines is 2. The Bertz CT molecular complexity index is 425. The van der Waals surface area contributed by atoms with E-state index in [0.29, 0.717) is 28.2 Å². The molecule has 0 bridgehead atoms. The number of aromatic nitrogens is 1. The number of nitrogens with zero attached hydrogens (tertiary/aromatic N) is 1. The predicted molar refractivity (Wildman–Crippen MR) is 70.7 cm³/mol. The second-order valence-corrected chi connectivity index (χ2v) is 4.26. The van der Waals surface area contributed by atoms with Crippen LogP contribution >= 0.6 is 23.2 Å². The molecule has 94 valence electrons. The van der Waals surface area contributed by atoms with Crippen molar-refractivity contribution < 1.29 is 4.79 Å². The van der Waals surface area contributed by atoms with Crippen molar-refractivity contribution in [3.8, 4) is 0 Å². The highest BCUT2D eigenvalue weighted by Crippen LogP contribution is 2.29. The first kappa shape index (κ1) is 13.9. The van der Waals surface area contributed by atoms with E-state index in [2.05, 4.69) is 15.6 Å². The van der Waals surface area contributed by atoms with Crippen LogP contribution in [0.1, 0.15) is 13.8 Å². The number of amides is 1. The average Bonchev–Trinajstić information content (AvgIpc) is 2.24. The lowest BCUT2D eigenvalue weighted by Gasteiger charge is -2.14. The fraction of sp³-hybridized carbons (Fsp3) is 0.400. The first-order valence-electron chi connectivity index (χ1n) is 5.11. The molecule has 0 spiro atoms. The summed E-state index contributed by atoms with van der Waals surface area (Å²) in [6.07, 6.45) is 0. The Morgan fingerprint density at radius 1 is 1.47 bits per heavy atom. The Kier molecular flexibility index (Phi) is 4.84. The number of halogens is 2. The second-order valence-electron chi connectivity index (χ2n) is 3.45. The molecule has 0 aromatic carbocycles. The summed E-state index contributed by atoms with van der Waals surface area (Å²) in [5.41, 5.74) is 5.15. The molecule has 5 nitrogen and oxygen atoms in total. The van der Waals surface area contributed by atoms with Gasteiger partial charge in [0.25, 0.3) is 0 Å². The van der Waals surface area contributed by atoms with Gasteiger partial charge in [0, 0.05) is 6.54 Å². The zero-order valence-corrected chi connectivity index (χ0v) is 11.1. The van der Waals surface area contributed by atoms with Crippen molar-refractivity contribution in [2.75, 3.05) is 17.2 Å². The Labute approximate surface area is 110 Å². The summed E-state index contributed by atoms with van der Waals surface area (Å²) < 4.78 is 0. The van der Waals surface area contributed by atoms with Crippen LogP contribution in [0.25, 0.3) is 0 Å². The van der Waals surface area contributed by atoms with E-state index in [1.807, 2.05) is 6.92 Å². The van der Waals surface area contributed by atoms with E-state index in [1.165, 1.54) is 0 Å². The number of rotatable bonds is 5. The standard InChI is InChI=1S/C10H14Cl2N4O/c1-3-14-9-6(11)4-7(12)10(16-9)15-5(2)8(13)17/h4-5H,3H2,1-2H3,(H2,13,17)(H2,14,15,16). The number of nitrogens with two attached hydrogens (primary N) is 1. The first-order chi connectivity index (χ1) is 7.95. The molecule has 1 amide bonds. The highest BCUT2D eigenvalue weighted by atomic mass is 35.5. The molecule has 1 aromatic heterocycles. The molecule has 0 saturated carbocycles. The predicted octanol–water partition coefficient (Wildman–Crippen LogP) is 2.11. The van der Waals surface area contributed by atoms with Crippen LogP contribution in [0.15, 0.2) is 6.07 Å². The van der Waals surface area contributed by atoms with Crippen LogP contribution in [0.2, 0.25) is 10.0 Å². The van der Waals surface area contributed by atoms with Gasteiger partial charge in [-0.25, -0.2) is 4.98 Å². The molecular formula is C10H14Cl2N4O. The second kappa shape index (κ2) is 5.93. The first-order valence-corrected chi connectivity index (χ1v) is 5.87. The highest BCUT2D eigenvalue weighted by Gasteiger charge is 2.13. The van der Waals surface area contributed by atoms with E-state index < -0.39 is 11.9 Å². The van der Waals surface area contributed by atoms with Crippen molar-refractivity contribution in [3.05, 3.63) is 16.1 Å². The van der Waals surface area contributed by atoms with Gasteiger partial charge in [-0.3, -0.25) is 4.79 Å². The van der Waals surface area contributed by atoms with Crippen LogP contribution < -0.4 is 16.4 Å². The van der Waals surface area contributed by atoms with Gasteiger partial charge < -0.3 is 16.4 Å². The molecule has 1 rings (SSSR count). The maximum atomic E-state index is 10.9. The van der Waals surface area contributed by atoms with Gasteiger partial charge in [0.05, 0.1) is 10.0 Å². The normalized spacial score (nSPS) is 12.0. The minimum atomic E-state index is -0.560. The van der Waals surface area contributed by atoms with Crippen LogP contribution in [0.3, 0.4) is 0 Å². The van der Waals surface area contributed by atoms with Crippen molar-refractivity contribution in [1.82, 2.24) is 4.98 Å². The molecule has 1 heterocycles. The van der Waals surface area contributed by atoms with E-state index >= 15 is 0 Å². The smallest absolute Gasteiger partial charge is 0.239 e. The average molecular weight is 277 g/mol. The summed E-state index contributed by atoms with van der Waals surface area (Å²) in [6.45, 7) is 4.23. The number of hydrogen-bond donors (Lipinski definition) is 3. The third kappa shape index (κ3) is 3.64. The molecule has 0 fully saturated rings. The van der Waals surface area contributed by atoms with Crippen molar-refractivity contribution >= 4 is 40.7 Å². The van der Waals surface area contributed by atoms with Gasteiger partial charge in [-0.05, 0) is 19.9 Å². The number of carbonyl (C=O) groups is 1. The molecular weight excluding hydrogens is 263 g/mol. The molecule has 1 unspecified atom stereocenters. The molecule has 0 aliphatic carbocycles. The topological polar surface area (TPSA) is 80.0 Å². The zero-order valence-electron chi connectivity index (χ0n) is 9.55. The summed E-state index contributed by atoms with van der Waals surface area (Å²) in [6, 6.07) is 1.00. The highest BCUT2D eigenvalue weighted by molar-refractivity contribution is 6.37. The summed E-state index contributed by atoms with van der Waals surface area (Å²) in [7, 11) is 0. The minimum Gasteiger partial charge on any atom is -0.369 e. The van der Waals surface area contributed by atoms with Gasteiger partial charge in [0.1, 0.15) is 17.7 Å². The Morgan fingerprint density at radius 3 is 2.59 bits per heavy atom. The number of hydrogen-bond acceptors (Lipinski definition) is 4. The van der Waals surface area contributed by atoms with E-state index in [9.17, 15) is 4.79 Å². The Hall–Kier alpha value is -1.20. The molecule has 0 aliphatic rings. The maximum Gasteiger partial charge on any atom is 0.239 e. The summed E-state index contributed by atoms with van der Waals surface area (Å²) in [5, 5.41) is 6.57. The lowest BCUT2D eigenvalue weighted by Crippen LogP contribution is -2.32. The van der Waals surface area contributed by atoms with Gasteiger partial charge >= 0.3 is 0 Å². The molecule has 0 radical (unpaired) electrons. The molecule has 4 N–H and O–H groups in total. The van der Waals surface area contributed by atoms with E-state index in [-0.39, 0.29) is 0 Å². The van der Waals surface area contributed by atoms with Crippen LogP contribution in [0.4, 0.5) is 11.6 Å². The Morgan fingerprint density at radius 2 is 2.06 bits per heavy atom. The van der Waals surface area contributed by atoms with Gasteiger partial charge in [-0.1, -0.05) is 23.2 Å². The third-order valence-electron chi connectivity index (χ3n) is 2.05. The van der Waals surface area contributed by atoms with Crippen LogP contribution in [-0.4, -0.2) is 23.5 Å². The molecule has 17 heavy (non-hydrogen) atoms. The van der Waals surface area contributed by atoms with E-state index in [4.69, 9.17) is 28.9 Å². The van der Waals surface area contributed by atoms with Crippen LogP contribution in [0, 0.1) is 0 Å². The maximum absolute atomic E-state index is 10.9. The van der Waals surface area contributed by atoms with Crippen molar-refractivity contribution in [2.45, 2.75) is 19.9 Å². The fourth-order valence-electron chi connectivity index (χ4n) is 1.14.